The van der Waals surface area contributed by atoms with Gasteiger partial charge in [-0.15, -0.1) is 0 Å². The lowest BCUT2D eigenvalue weighted by molar-refractivity contribution is -0.870. The fourth-order valence-corrected chi connectivity index (χ4v) is 2.29. The van der Waals surface area contributed by atoms with Crippen LogP contribution in [0, 0.1) is 0 Å². The van der Waals surface area contributed by atoms with Crippen molar-refractivity contribution < 1.29 is 36.3 Å². The van der Waals surface area contributed by atoms with Crippen molar-refractivity contribution in [3.8, 4) is 0 Å². The molecule has 0 aliphatic rings. The fraction of sp³-hybridized carbons (Fsp3) is 0.889. The van der Waals surface area contributed by atoms with Crippen LogP contribution in [0.1, 0.15) is 70.6 Å². The maximum absolute atomic E-state index is 11.5. The van der Waals surface area contributed by atoms with Crippen LogP contribution in [0.3, 0.4) is 0 Å². The summed E-state index contributed by atoms with van der Waals surface area (Å²) in [5.41, 5.74) is 0. The van der Waals surface area contributed by atoms with Gasteiger partial charge in [0.2, 0.25) is 0 Å². The fourth-order valence-electron chi connectivity index (χ4n) is 2.29. The minimum absolute atomic E-state index is 0. The average Bonchev–Trinajstić information content (AvgIpc) is 2.43. The van der Waals surface area contributed by atoms with Crippen molar-refractivity contribution in [2.75, 3.05) is 34.3 Å². The van der Waals surface area contributed by atoms with Crippen LogP contribution in [0.5, 0.6) is 0 Å². The van der Waals surface area contributed by atoms with Gasteiger partial charge < -0.3 is 26.7 Å². The van der Waals surface area contributed by atoms with E-state index in [1.807, 2.05) is 0 Å². The molecule has 5 nitrogen and oxygen atoms in total. The molecule has 0 unspecified atom stereocenters. The molecule has 0 aliphatic heterocycles. The molecule has 0 spiro atoms. The maximum Gasteiger partial charge on any atom is 0.305 e. The summed E-state index contributed by atoms with van der Waals surface area (Å²) in [6, 6.07) is 0. The third-order valence-electron chi connectivity index (χ3n) is 3.80. The number of unbranched alkanes of at least 4 members (excludes halogenated alkanes) is 8. The van der Waals surface area contributed by atoms with Gasteiger partial charge in [0.05, 0.1) is 21.1 Å². The van der Waals surface area contributed by atoms with Gasteiger partial charge in [0.25, 0.3) is 0 Å². The summed E-state index contributed by atoms with van der Waals surface area (Å²) in [6.45, 7) is 1.35. The Kier molecular flexibility index (Phi) is 16.6. The van der Waals surface area contributed by atoms with Crippen LogP contribution in [0.2, 0.25) is 0 Å². The maximum atomic E-state index is 11.5. The van der Waals surface area contributed by atoms with Crippen molar-refractivity contribution in [1.29, 1.82) is 0 Å². The van der Waals surface area contributed by atoms with E-state index >= 15 is 0 Å². The molecule has 0 aliphatic carbocycles. The molecule has 0 heterocycles. The van der Waals surface area contributed by atoms with E-state index in [1.165, 1.54) is 25.7 Å². The van der Waals surface area contributed by atoms with Gasteiger partial charge in [-0.05, 0) is 12.8 Å². The Morgan fingerprint density at radius 3 is 1.62 bits per heavy atom. The molecule has 0 radical (unpaired) electrons. The van der Waals surface area contributed by atoms with Gasteiger partial charge in [-0.3, -0.25) is 9.59 Å². The predicted molar refractivity (Wildman–Crippen MR) is 92.3 cm³/mol. The zero-order valence-corrected chi connectivity index (χ0v) is 16.4. The Bertz CT molecular complexity index is 329. The molecule has 0 rings (SSSR count). The van der Waals surface area contributed by atoms with Gasteiger partial charge >= 0.3 is 11.9 Å². The molecule has 0 aromatic heterocycles. The van der Waals surface area contributed by atoms with Gasteiger partial charge in [0, 0.05) is 12.8 Å². The minimum Gasteiger partial charge on any atom is -1.00 e. The number of carbonyl (C=O) groups is 2. The lowest BCUT2D eigenvalue weighted by atomic mass is 10.1. The number of rotatable bonds is 15. The second kappa shape index (κ2) is 15.7. The Hall–Kier alpha value is -0.810. The van der Waals surface area contributed by atoms with E-state index in [2.05, 4.69) is 21.1 Å². The van der Waals surface area contributed by atoms with Crippen molar-refractivity contribution in [3.05, 3.63) is 0 Å². The third-order valence-corrected chi connectivity index (χ3v) is 3.80. The van der Waals surface area contributed by atoms with Gasteiger partial charge in [0.15, 0.2) is 0 Å². The largest absolute Gasteiger partial charge is 1.00 e. The number of aliphatic carboxylic acids is 1. The Labute approximate surface area is 153 Å². The number of carboxylic acids is 1. The Balaban J connectivity index is 0. The highest BCUT2D eigenvalue weighted by Gasteiger charge is 2.09. The van der Waals surface area contributed by atoms with Crippen LogP contribution < -0.4 is 12.4 Å². The van der Waals surface area contributed by atoms with Crippen molar-refractivity contribution in [1.82, 2.24) is 0 Å². The number of nitrogens with zero attached hydrogens (tertiary/aromatic N) is 1. The average molecular weight is 366 g/mol. The number of esters is 1. The lowest BCUT2D eigenvalue weighted by Gasteiger charge is -2.23. The molecular weight excluding hydrogens is 330 g/mol. The van der Waals surface area contributed by atoms with E-state index in [1.54, 1.807) is 0 Å². The number of hydrogen-bond acceptors (Lipinski definition) is 3. The summed E-state index contributed by atoms with van der Waals surface area (Å²) in [5, 5.41) is 8.53. The minimum atomic E-state index is -0.694. The molecule has 24 heavy (non-hydrogen) atoms. The second-order valence-corrected chi connectivity index (χ2v) is 7.31. The molecular formula is C18H36ClNO4. The SMILES string of the molecule is C[N+](C)(C)CCOC(=O)CCCCCCCCCCCC(=O)O.[Cl-]. The monoisotopic (exact) mass is 365 g/mol. The van der Waals surface area contributed by atoms with Crippen LogP contribution in [0.15, 0.2) is 0 Å². The first kappa shape index (κ1) is 25.4. The van der Waals surface area contributed by atoms with E-state index in [4.69, 9.17) is 9.84 Å². The molecule has 0 saturated heterocycles. The van der Waals surface area contributed by atoms with Crippen molar-refractivity contribution >= 4 is 11.9 Å². The Morgan fingerprint density at radius 2 is 1.21 bits per heavy atom. The standard InChI is InChI=1S/C18H35NO4.ClH/c1-19(2,3)15-16-23-18(22)14-12-10-8-6-4-5-7-9-11-13-17(20)21;/h4-16H2,1-3H3;1H. The van der Waals surface area contributed by atoms with Gasteiger partial charge in [0.1, 0.15) is 13.2 Å². The molecule has 6 heteroatoms. The van der Waals surface area contributed by atoms with Gasteiger partial charge in [-0.1, -0.05) is 44.9 Å². The molecule has 0 aromatic carbocycles. The highest BCUT2D eigenvalue weighted by molar-refractivity contribution is 5.69. The smallest absolute Gasteiger partial charge is 0.305 e. The quantitative estimate of drug-likeness (QED) is 0.262. The molecule has 0 fully saturated rings. The highest BCUT2D eigenvalue weighted by atomic mass is 35.5. The Morgan fingerprint density at radius 1 is 0.792 bits per heavy atom. The molecule has 0 aromatic rings. The van der Waals surface area contributed by atoms with E-state index in [0.717, 1.165) is 43.1 Å². The zero-order chi connectivity index (χ0) is 17.6. The molecule has 0 atom stereocenters. The molecule has 144 valence electrons. The van der Waals surface area contributed by atoms with E-state index < -0.39 is 5.97 Å². The summed E-state index contributed by atoms with van der Waals surface area (Å²) in [7, 11) is 6.25. The summed E-state index contributed by atoms with van der Waals surface area (Å²) in [4.78, 5) is 21.9. The summed E-state index contributed by atoms with van der Waals surface area (Å²) in [5.74, 6) is -0.766. The molecule has 0 saturated carbocycles. The number of halogens is 1. The molecule has 0 bridgehead atoms. The summed E-state index contributed by atoms with van der Waals surface area (Å²) in [6.07, 6.45) is 10.6. The third kappa shape index (κ3) is 21.2. The normalized spacial score (nSPS) is 11.0. The number of ether oxygens (including phenoxy) is 1. The van der Waals surface area contributed by atoms with E-state index in [-0.39, 0.29) is 18.4 Å². The highest BCUT2D eigenvalue weighted by Crippen LogP contribution is 2.11. The van der Waals surface area contributed by atoms with Gasteiger partial charge in [-0.25, -0.2) is 0 Å². The van der Waals surface area contributed by atoms with Crippen LogP contribution in [-0.2, 0) is 14.3 Å². The van der Waals surface area contributed by atoms with Crippen molar-refractivity contribution in [2.24, 2.45) is 0 Å². The van der Waals surface area contributed by atoms with E-state index in [0.29, 0.717) is 19.4 Å². The lowest BCUT2D eigenvalue weighted by Crippen LogP contribution is -3.00. The molecule has 0 amide bonds. The summed E-state index contributed by atoms with van der Waals surface area (Å²) < 4.78 is 6.03. The van der Waals surface area contributed by atoms with Crippen LogP contribution in [0.4, 0.5) is 0 Å². The number of carbonyl (C=O) groups excluding carboxylic acids is 1. The van der Waals surface area contributed by atoms with E-state index in [9.17, 15) is 9.59 Å². The molecule has 1 N–H and O–H groups in total. The van der Waals surface area contributed by atoms with Crippen LogP contribution in [0.25, 0.3) is 0 Å². The number of likely N-dealkylation sites (N-methyl/N-ethyl adjacent to an activating group) is 1. The topological polar surface area (TPSA) is 63.6 Å². The first-order valence-electron chi connectivity index (χ1n) is 8.99. The first-order valence-corrected chi connectivity index (χ1v) is 8.99. The summed E-state index contributed by atoms with van der Waals surface area (Å²) >= 11 is 0. The number of hydrogen-bond donors (Lipinski definition) is 1. The zero-order valence-electron chi connectivity index (χ0n) is 15.7. The predicted octanol–water partition coefficient (Wildman–Crippen LogP) is 0.616. The first-order chi connectivity index (χ1) is 10.8. The van der Waals surface area contributed by atoms with Crippen molar-refractivity contribution in [2.45, 2.75) is 70.6 Å². The van der Waals surface area contributed by atoms with Gasteiger partial charge in [-0.2, -0.15) is 0 Å². The van der Waals surface area contributed by atoms with Crippen LogP contribution >= 0.6 is 0 Å². The number of carboxylic acid groups (broad SMARTS) is 1. The van der Waals surface area contributed by atoms with Crippen molar-refractivity contribution in [3.63, 3.8) is 0 Å². The second-order valence-electron chi connectivity index (χ2n) is 7.31. The number of quaternary nitrogens is 1. The van der Waals surface area contributed by atoms with Crippen LogP contribution in [-0.4, -0.2) is 55.8 Å².